The quantitative estimate of drug-likeness (QED) is 0.600. The van der Waals surface area contributed by atoms with Crippen LogP contribution in [-0.2, 0) is 11.3 Å². The molecule has 116 valence electrons. The third-order valence-corrected chi connectivity index (χ3v) is 3.82. The zero-order valence-electron chi connectivity index (χ0n) is 12.3. The molecule has 0 bridgehead atoms. The van der Waals surface area contributed by atoms with Crippen LogP contribution in [0.25, 0.3) is 0 Å². The molecule has 2 aromatic rings. The van der Waals surface area contributed by atoms with Crippen molar-refractivity contribution in [3.8, 4) is 0 Å². The summed E-state index contributed by atoms with van der Waals surface area (Å²) in [6, 6.07) is 2.86. The number of nitro groups is 1. The van der Waals surface area contributed by atoms with E-state index in [-0.39, 0.29) is 23.2 Å². The second-order valence-electron chi connectivity index (χ2n) is 4.59. The van der Waals surface area contributed by atoms with E-state index in [1.807, 2.05) is 0 Å². The SMILES string of the molecule is Cc1nnc(Sc2ncccc2[N+](=O)[O-])n1CC(=O)N(C)C. The average Bonchev–Trinajstić information content (AvgIpc) is 2.80. The van der Waals surface area contributed by atoms with Gasteiger partial charge in [0.2, 0.25) is 5.91 Å². The molecule has 0 fully saturated rings. The molecule has 2 heterocycles. The lowest BCUT2D eigenvalue weighted by Gasteiger charge is -2.12. The molecule has 0 unspecified atom stereocenters. The van der Waals surface area contributed by atoms with Crippen molar-refractivity contribution in [2.45, 2.75) is 23.7 Å². The number of aryl methyl sites for hydroxylation is 1. The van der Waals surface area contributed by atoms with E-state index in [1.54, 1.807) is 25.6 Å². The molecule has 0 spiro atoms. The monoisotopic (exact) mass is 322 g/mol. The summed E-state index contributed by atoms with van der Waals surface area (Å²) in [5.74, 6) is 0.427. The van der Waals surface area contributed by atoms with Gasteiger partial charge in [-0.15, -0.1) is 10.2 Å². The van der Waals surface area contributed by atoms with Gasteiger partial charge in [0.05, 0.1) is 4.92 Å². The third kappa shape index (κ3) is 3.39. The van der Waals surface area contributed by atoms with Crippen molar-refractivity contribution in [1.29, 1.82) is 0 Å². The Labute approximate surface area is 130 Å². The van der Waals surface area contributed by atoms with E-state index in [1.165, 1.54) is 23.2 Å². The maximum absolute atomic E-state index is 11.9. The fraction of sp³-hybridized carbons (Fsp3) is 0.333. The molecular formula is C12H14N6O3S. The Morgan fingerprint density at radius 3 is 2.82 bits per heavy atom. The maximum atomic E-state index is 11.9. The summed E-state index contributed by atoms with van der Waals surface area (Å²) in [6.07, 6.45) is 1.47. The third-order valence-electron chi connectivity index (χ3n) is 2.83. The highest BCUT2D eigenvalue weighted by atomic mass is 32.2. The van der Waals surface area contributed by atoms with Crippen LogP contribution in [0.3, 0.4) is 0 Å². The Morgan fingerprint density at radius 2 is 2.18 bits per heavy atom. The van der Waals surface area contributed by atoms with Crippen molar-refractivity contribution >= 4 is 23.4 Å². The molecule has 0 aliphatic carbocycles. The van der Waals surface area contributed by atoms with Crippen LogP contribution in [0.2, 0.25) is 0 Å². The van der Waals surface area contributed by atoms with Gasteiger partial charge in [0.1, 0.15) is 12.4 Å². The van der Waals surface area contributed by atoms with Crippen LogP contribution in [-0.4, -0.2) is 49.6 Å². The van der Waals surface area contributed by atoms with Gasteiger partial charge in [0.25, 0.3) is 0 Å². The van der Waals surface area contributed by atoms with Crippen LogP contribution in [0.1, 0.15) is 5.82 Å². The van der Waals surface area contributed by atoms with Crippen LogP contribution < -0.4 is 0 Å². The van der Waals surface area contributed by atoms with Crippen molar-refractivity contribution in [2.24, 2.45) is 0 Å². The summed E-state index contributed by atoms with van der Waals surface area (Å²) in [4.78, 5) is 27.8. The van der Waals surface area contributed by atoms with Gasteiger partial charge < -0.3 is 4.90 Å². The fourth-order valence-corrected chi connectivity index (χ4v) is 2.50. The number of amides is 1. The number of carbonyl (C=O) groups is 1. The number of rotatable bonds is 5. The maximum Gasteiger partial charge on any atom is 0.301 e. The van der Waals surface area contributed by atoms with Crippen LogP contribution in [0.4, 0.5) is 5.69 Å². The number of hydrogen-bond acceptors (Lipinski definition) is 7. The molecule has 9 nitrogen and oxygen atoms in total. The van der Waals surface area contributed by atoms with Gasteiger partial charge in [-0.25, -0.2) is 4.98 Å². The van der Waals surface area contributed by atoms with E-state index in [9.17, 15) is 14.9 Å². The molecule has 2 rings (SSSR count). The second-order valence-corrected chi connectivity index (χ2v) is 5.55. The lowest BCUT2D eigenvalue weighted by molar-refractivity contribution is -0.388. The largest absolute Gasteiger partial charge is 0.347 e. The number of likely N-dealkylation sites (N-methyl/N-ethyl adjacent to an activating group) is 1. The summed E-state index contributed by atoms with van der Waals surface area (Å²) in [5.41, 5.74) is -0.112. The Morgan fingerprint density at radius 1 is 1.45 bits per heavy atom. The van der Waals surface area contributed by atoms with Gasteiger partial charge in [0.15, 0.2) is 10.2 Å². The molecule has 0 saturated carbocycles. The number of pyridine rings is 1. The Hall–Kier alpha value is -2.49. The van der Waals surface area contributed by atoms with Gasteiger partial charge in [-0.3, -0.25) is 19.5 Å². The van der Waals surface area contributed by atoms with E-state index in [0.29, 0.717) is 11.0 Å². The van der Waals surface area contributed by atoms with E-state index in [4.69, 9.17) is 0 Å². The highest BCUT2D eigenvalue weighted by Gasteiger charge is 2.20. The molecule has 0 atom stereocenters. The van der Waals surface area contributed by atoms with Gasteiger partial charge in [-0.1, -0.05) is 0 Å². The van der Waals surface area contributed by atoms with Crippen molar-refractivity contribution in [1.82, 2.24) is 24.6 Å². The number of aromatic nitrogens is 4. The predicted octanol–water partition coefficient (Wildman–Crippen LogP) is 1.13. The highest BCUT2D eigenvalue weighted by Crippen LogP contribution is 2.31. The van der Waals surface area contributed by atoms with Gasteiger partial charge in [0, 0.05) is 26.4 Å². The van der Waals surface area contributed by atoms with Crippen molar-refractivity contribution in [2.75, 3.05) is 14.1 Å². The summed E-state index contributed by atoms with van der Waals surface area (Å²) in [7, 11) is 3.30. The first-order chi connectivity index (χ1) is 10.4. The zero-order chi connectivity index (χ0) is 16.3. The molecule has 10 heteroatoms. The highest BCUT2D eigenvalue weighted by molar-refractivity contribution is 7.99. The standard InChI is InChI=1S/C12H14N6O3S/c1-8-14-15-12(17(8)7-10(19)16(2)3)22-11-9(18(20)21)5-4-6-13-11/h4-6H,7H2,1-3H3. The van der Waals surface area contributed by atoms with Gasteiger partial charge in [-0.2, -0.15) is 0 Å². The topological polar surface area (TPSA) is 107 Å². The molecular weight excluding hydrogens is 308 g/mol. The minimum absolute atomic E-state index is 0.0643. The normalized spacial score (nSPS) is 10.5. The Kier molecular flexibility index (Phi) is 4.71. The van der Waals surface area contributed by atoms with Gasteiger partial charge >= 0.3 is 5.69 Å². The van der Waals surface area contributed by atoms with E-state index in [0.717, 1.165) is 11.8 Å². The Bertz CT molecular complexity index is 715. The van der Waals surface area contributed by atoms with Crippen LogP contribution in [0.5, 0.6) is 0 Å². The lowest BCUT2D eigenvalue weighted by atomic mass is 10.4. The van der Waals surface area contributed by atoms with Crippen LogP contribution >= 0.6 is 11.8 Å². The Balaban J connectivity index is 2.32. The summed E-state index contributed by atoms with van der Waals surface area (Å²) in [5, 5.41) is 19.5. The molecule has 0 aliphatic heterocycles. The smallest absolute Gasteiger partial charge is 0.301 e. The molecule has 0 aromatic carbocycles. The van der Waals surface area contributed by atoms with E-state index < -0.39 is 4.92 Å². The summed E-state index contributed by atoms with van der Waals surface area (Å²) >= 11 is 1.01. The van der Waals surface area contributed by atoms with Crippen molar-refractivity contribution in [3.63, 3.8) is 0 Å². The predicted molar refractivity (Wildman–Crippen MR) is 78.5 cm³/mol. The molecule has 0 aliphatic rings. The van der Waals surface area contributed by atoms with Gasteiger partial charge in [-0.05, 0) is 24.8 Å². The van der Waals surface area contributed by atoms with Crippen LogP contribution in [0, 0.1) is 17.0 Å². The number of nitrogens with zero attached hydrogens (tertiary/aromatic N) is 6. The van der Waals surface area contributed by atoms with Crippen molar-refractivity contribution in [3.05, 3.63) is 34.3 Å². The number of hydrogen-bond donors (Lipinski definition) is 0. The molecule has 0 N–H and O–H groups in total. The lowest BCUT2D eigenvalue weighted by Crippen LogP contribution is -2.27. The first-order valence-corrected chi connectivity index (χ1v) is 7.09. The second kappa shape index (κ2) is 6.52. The molecule has 0 radical (unpaired) electrons. The van der Waals surface area contributed by atoms with E-state index >= 15 is 0 Å². The number of carbonyl (C=O) groups excluding carboxylic acids is 1. The first-order valence-electron chi connectivity index (χ1n) is 6.27. The fourth-order valence-electron chi connectivity index (χ4n) is 1.58. The molecule has 1 amide bonds. The molecule has 22 heavy (non-hydrogen) atoms. The minimum Gasteiger partial charge on any atom is -0.347 e. The average molecular weight is 322 g/mol. The summed E-state index contributed by atoms with van der Waals surface area (Å²) < 4.78 is 1.60. The molecule has 0 saturated heterocycles. The summed E-state index contributed by atoms with van der Waals surface area (Å²) in [6.45, 7) is 1.78. The van der Waals surface area contributed by atoms with E-state index in [2.05, 4.69) is 15.2 Å². The molecule has 2 aromatic heterocycles. The minimum atomic E-state index is -0.506. The van der Waals surface area contributed by atoms with Crippen molar-refractivity contribution < 1.29 is 9.72 Å². The zero-order valence-corrected chi connectivity index (χ0v) is 13.1. The van der Waals surface area contributed by atoms with Crippen LogP contribution in [0.15, 0.2) is 28.5 Å². The first kappa shape index (κ1) is 15.9.